The fourth-order valence-corrected chi connectivity index (χ4v) is 1.67. The largest absolute Gasteiger partial charge is 0.573 e. The maximum absolute atomic E-state index is 12.2. The summed E-state index contributed by atoms with van der Waals surface area (Å²) in [5.41, 5.74) is 7.92. The smallest absolute Gasteiger partial charge is 0.404 e. The summed E-state index contributed by atoms with van der Waals surface area (Å²) in [6.45, 7) is 1.94. The van der Waals surface area contributed by atoms with Crippen LogP contribution in [-0.4, -0.2) is 6.36 Å². The number of nitrogen functional groups attached to an aromatic ring is 1. The van der Waals surface area contributed by atoms with Gasteiger partial charge >= 0.3 is 6.36 Å². The molecule has 0 radical (unpaired) electrons. The third-order valence-corrected chi connectivity index (χ3v) is 2.62. The van der Waals surface area contributed by atoms with Gasteiger partial charge in [-0.2, -0.15) is 0 Å². The quantitative estimate of drug-likeness (QED) is 0.830. The molecule has 0 aliphatic heterocycles. The van der Waals surface area contributed by atoms with Gasteiger partial charge in [0, 0.05) is 0 Å². The van der Waals surface area contributed by atoms with Gasteiger partial charge in [-0.05, 0) is 30.2 Å². The number of nitrogens with two attached hydrogens (primary N) is 1. The van der Waals surface area contributed by atoms with Crippen molar-refractivity contribution in [3.63, 3.8) is 0 Å². The molecule has 0 amide bonds. The summed E-state index contributed by atoms with van der Waals surface area (Å²) in [7, 11) is 0. The van der Waals surface area contributed by atoms with E-state index in [0.717, 1.165) is 11.1 Å². The highest BCUT2D eigenvalue weighted by Crippen LogP contribution is 2.32. The van der Waals surface area contributed by atoms with Crippen LogP contribution in [0.3, 0.4) is 0 Å². The summed E-state index contributed by atoms with van der Waals surface area (Å²) in [5.74, 6) is -0.384. The Labute approximate surface area is 108 Å². The van der Waals surface area contributed by atoms with Crippen LogP contribution < -0.4 is 10.5 Å². The first-order chi connectivity index (χ1) is 8.85. The van der Waals surface area contributed by atoms with Crippen molar-refractivity contribution in [3.05, 3.63) is 48.0 Å². The molecule has 0 atom stereocenters. The Morgan fingerprint density at radius 3 is 2.11 bits per heavy atom. The summed E-state index contributed by atoms with van der Waals surface area (Å²) < 4.78 is 40.6. The minimum Gasteiger partial charge on any atom is -0.404 e. The second-order valence-electron chi connectivity index (χ2n) is 4.17. The Kier molecular flexibility index (Phi) is 3.38. The van der Waals surface area contributed by atoms with E-state index in [0.29, 0.717) is 5.56 Å². The van der Waals surface area contributed by atoms with E-state index in [1.54, 1.807) is 6.07 Å². The first-order valence-electron chi connectivity index (χ1n) is 5.57. The first kappa shape index (κ1) is 13.3. The lowest BCUT2D eigenvalue weighted by Crippen LogP contribution is -2.18. The van der Waals surface area contributed by atoms with E-state index in [9.17, 15) is 13.2 Å². The van der Waals surface area contributed by atoms with Crippen LogP contribution in [0, 0.1) is 6.92 Å². The van der Waals surface area contributed by atoms with Crippen LogP contribution in [0.2, 0.25) is 0 Å². The summed E-state index contributed by atoms with van der Waals surface area (Å²) in [6.07, 6.45) is -4.75. The van der Waals surface area contributed by atoms with Crippen molar-refractivity contribution >= 4 is 5.69 Å². The summed E-state index contributed by atoms with van der Waals surface area (Å²) >= 11 is 0. The monoisotopic (exact) mass is 267 g/mol. The number of hydrogen-bond donors (Lipinski definition) is 1. The van der Waals surface area contributed by atoms with E-state index >= 15 is 0 Å². The minimum absolute atomic E-state index is 0.0480. The second kappa shape index (κ2) is 4.84. The molecule has 0 bridgehead atoms. The Bertz CT molecular complexity index is 576. The molecule has 5 heteroatoms. The molecule has 2 aromatic carbocycles. The van der Waals surface area contributed by atoms with Crippen molar-refractivity contribution in [2.24, 2.45) is 0 Å². The zero-order chi connectivity index (χ0) is 14.0. The van der Waals surface area contributed by atoms with Gasteiger partial charge in [0.2, 0.25) is 0 Å². The third kappa shape index (κ3) is 3.40. The van der Waals surface area contributed by atoms with Crippen LogP contribution in [0.15, 0.2) is 42.5 Å². The highest BCUT2D eigenvalue weighted by atomic mass is 19.4. The number of benzene rings is 2. The number of rotatable bonds is 2. The molecule has 0 aliphatic carbocycles. The normalized spacial score (nSPS) is 11.4. The molecule has 2 nitrogen and oxygen atoms in total. The third-order valence-electron chi connectivity index (χ3n) is 2.62. The number of ether oxygens (including phenoxy) is 1. The van der Waals surface area contributed by atoms with Crippen LogP contribution in [0.25, 0.3) is 11.1 Å². The van der Waals surface area contributed by atoms with Crippen LogP contribution in [0.4, 0.5) is 18.9 Å². The van der Waals surface area contributed by atoms with Gasteiger partial charge in [-0.25, -0.2) is 0 Å². The van der Waals surface area contributed by atoms with E-state index < -0.39 is 6.36 Å². The van der Waals surface area contributed by atoms with Gasteiger partial charge in [0.05, 0.1) is 5.69 Å². The molecule has 2 aromatic rings. The zero-order valence-corrected chi connectivity index (χ0v) is 10.2. The molecule has 0 heterocycles. The molecule has 0 fully saturated rings. The molecular formula is C14H12F3NO. The standard InChI is InChI=1S/C14H12F3NO/c1-9-2-4-10(5-3-9)11-6-7-12(18)13(8-11)19-14(15,16)17/h2-8H,18H2,1H3. The van der Waals surface area contributed by atoms with Crippen LogP contribution in [0.5, 0.6) is 5.75 Å². The molecule has 2 N–H and O–H groups in total. The number of anilines is 1. The van der Waals surface area contributed by atoms with Crippen molar-refractivity contribution in [1.82, 2.24) is 0 Å². The van der Waals surface area contributed by atoms with Crippen molar-refractivity contribution < 1.29 is 17.9 Å². The van der Waals surface area contributed by atoms with Crippen molar-refractivity contribution in [1.29, 1.82) is 0 Å². The van der Waals surface area contributed by atoms with Gasteiger partial charge in [0.25, 0.3) is 0 Å². The van der Waals surface area contributed by atoms with E-state index in [1.165, 1.54) is 12.1 Å². The predicted molar refractivity (Wildman–Crippen MR) is 67.7 cm³/mol. The average molecular weight is 267 g/mol. The van der Waals surface area contributed by atoms with Crippen LogP contribution >= 0.6 is 0 Å². The Balaban J connectivity index is 2.38. The Morgan fingerprint density at radius 1 is 0.947 bits per heavy atom. The number of alkyl halides is 3. The topological polar surface area (TPSA) is 35.2 Å². The lowest BCUT2D eigenvalue weighted by atomic mass is 10.0. The van der Waals surface area contributed by atoms with Crippen molar-refractivity contribution in [2.75, 3.05) is 5.73 Å². The maximum Gasteiger partial charge on any atom is 0.573 e. The fourth-order valence-electron chi connectivity index (χ4n) is 1.67. The summed E-state index contributed by atoms with van der Waals surface area (Å²) in [4.78, 5) is 0. The first-order valence-corrected chi connectivity index (χ1v) is 5.57. The number of aryl methyl sites for hydroxylation is 1. The molecule has 0 saturated heterocycles. The predicted octanol–water partition coefficient (Wildman–Crippen LogP) is 4.14. The zero-order valence-electron chi connectivity index (χ0n) is 10.2. The lowest BCUT2D eigenvalue weighted by molar-refractivity contribution is -0.274. The van der Waals surface area contributed by atoms with Crippen LogP contribution in [0.1, 0.15) is 5.56 Å². The molecule has 19 heavy (non-hydrogen) atoms. The van der Waals surface area contributed by atoms with Gasteiger partial charge in [-0.3, -0.25) is 0 Å². The van der Waals surface area contributed by atoms with E-state index in [-0.39, 0.29) is 11.4 Å². The van der Waals surface area contributed by atoms with E-state index in [4.69, 9.17) is 5.73 Å². The summed E-state index contributed by atoms with van der Waals surface area (Å²) in [5, 5.41) is 0. The number of hydrogen-bond acceptors (Lipinski definition) is 2. The SMILES string of the molecule is Cc1ccc(-c2ccc(N)c(OC(F)(F)F)c2)cc1. The number of halogens is 3. The fraction of sp³-hybridized carbons (Fsp3) is 0.143. The molecule has 2 rings (SSSR count). The van der Waals surface area contributed by atoms with Crippen molar-refractivity contribution in [3.8, 4) is 16.9 Å². The van der Waals surface area contributed by atoms with Crippen LogP contribution in [-0.2, 0) is 0 Å². The average Bonchev–Trinajstić information content (AvgIpc) is 2.31. The molecular weight excluding hydrogens is 255 g/mol. The Morgan fingerprint density at radius 2 is 1.53 bits per heavy atom. The summed E-state index contributed by atoms with van der Waals surface area (Å²) in [6, 6.07) is 11.8. The lowest BCUT2D eigenvalue weighted by Gasteiger charge is -2.12. The highest BCUT2D eigenvalue weighted by molar-refractivity contribution is 5.70. The van der Waals surface area contributed by atoms with E-state index in [1.807, 2.05) is 31.2 Å². The molecule has 0 saturated carbocycles. The van der Waals surface area contributed by atoms with Gasteiger partial charge in [0.15, 0.2) is 5.75 Å². The molecule has 0 aliphatic rings. The van der Waals surface area contributed by atoms with Crippen molar-refractivity contribution in [2.45, 2.75) is 13.3 Å². The van der Waals surface area contributed by atoms with Gasteiger partial charge in [-0.1, -0.05) is 35.9 Å². The van der Waals surface area contributed by atoms with Gasteiger partial charge in [-0.15, -0.1) is 13.2 Å². The maximum atomic E-state index is 12.2. The Hall–Kier alpha value is -2.17. The second-order valence-corrected chi connectivity index (χ2v) is 4.17. The molecule has 0 aromatic heterocycles. The van der Waals surface area contributed by atoms with E-state index in [2.05, 4.69) is 4.74 Å². The van der Waals surface area contributed by atoms with Gasteiger partial charge < -0.3 is 10.5 Å². The molecule has 0 spiro atoms. The molecule has 100 valence electrons. The minimum atomic E-state index is -4.75. The van der Waals surface area contributed by atoms with Gasteiger partial charge in [0.1, 0.15) is 0 Å². The molecule has 0 unspecified atom stereocenters. The highest BCUT2D eigenvalue weighted by Gasteiger charge is 2.32.